The Bertz CT molecular complexity index is 531. The molecule has 84 valence electrons. The van der Waals surface area contributed by atoms with Crippen molar-refractivity contribution in [3.05, 3.63) is 28.6 Å². The van der Waals surface area contributed by atoms with Gasteiger partial charge >= 0.3 is 0 Å². The molecule has 0 aromatic carbocycles. The zero-order valence-corrected chi connectivity index (χ0v) is 10.7. The number of hydrogen-bond acceptors (Lipinski definition) is 2. The van der Waals surface area contributed by atoms with Gasteiger partial charge in [-0.1, -0.05) is 0 Å². The van der Waals surface area contributed by atoms with Crippen LogP contribution in [0.25, 0.3) is 5.65 Å². The summed E-state index contributed by atoms with van der Waals surface area (Å²) in [4.78, 5) is 4.65. The van der Waals surface area contributed by atoms with Crippen molar-refractivity contribution in [3.8, 4) is 5.75 Å². The summed E-state index contributed by atoms with van der Waals surface area (Å²) in [5.41, 5.74) is 2.12. The third kappa shape index (κ3) is 1.71. The van der Waals surface area contributed by atoms with Gasteiger partial charge in [0.25, 0.3) is 0 Å². The summed E-state index contributed by atoms with van der Waals surface area (Å²) in [6, 6.07) is 1.97. The lowest BCUT2D eigenvalue weighted by Gasteiger charge is -2.05. The smallest absolute Gasteiger partial charge is 0.180 e. The second-order valence-electron chi connectivity index (χ2n) is 4.13. The van der Waals surface area contributed by atoms with Gasteiger partial charge in [-0.05, 0) is 41.8 Å². The van der Waals surface area contributed by atoms with Gasteiger partial charge in [-0.25, -0.2) is 4.98 Å². The van der Waals surface area contributed by atoms with Crippen LogP contribution in [0.4, 0.5) is 0 Å². The molecule has 0 aliphatic heterocycles. The van der Waals surface area contributed by atoms with Crippen molar-refractivity contribution in [3.63, 3.8) is 0 Å². The highest BCUT2D eigenvalue weighted by Crippen LogP contribution is 2.40. The van der Waals surface area contributed by atoms with Crippen LogP contribution >= 0.6 is 15.9 Å². The highest BCUT2D eigenvalue weighted by molar-refractivity contribution is 9.10. The summed E-state index contributed by atoms with van der Waals surface area (Å²) in [5.74, 6) is 1.52. The first-order valence-electron chi connectivity index (χ1n) is 5.59. The lowest BCUT2D eigenvalue weighted by Crippen LogP contribution is -1.95. The minimum Gasteiger partial charge on any atom is -0.490 e. The molecule has 2 heterocycles. The molecule has 4 heteroatoms. The molecule has 0 atom stereocenters. The molecule has 3 nitrogen and oxygen atoms in total. The summed E-state index contributed by atoms with van der Waals surface area (Å²) in [6.07, 6.45) is 6.68. The molecule has 0 amide bonds. The fourth-order valence-electron chi connectivity index (χ4n) is 1.89. The number of rotatable bonds is 3. The molecule has 1 fully saturated rings. The van der Waals surface area contributed by atoms with Gasteiger partial charge in [-0.2, -0.15) is 0 Å². The number of fused-ring (bicyclic) bond motifs is 1. The van der Waals surface area contributed by atoms with Gasteiger partial charge < -0.3 is 9.14 Å². The lowest BCUT2D eigenvalue weighted by molar-refractivity contribution is 0.342. The zero-order valence-electron chi connectivity index (χ0n) is 9.11. The van der Waals surface area contributed by atoms with Crippen LogP contribution in [0.5, 0.6) is 5.75 Å². The second kappa shape index (κ2) is 3.77. The van der Waals surface area contributed by atoms with Crippen LogP contribution in [0, 0.1) is 0 Å². The maximum absolute atomic E-state index is 5.60. The predicted octanol–water partition coefficient (Wildman–Crippen LogP) is 3.37. The quantitative estimate of drug-likeness (QED) is 0.862. The van der Waals surface area contributed by atoms with E-state index in [9.17, 15) is 0 Å². The Labute approximate surface area is 103 Å². The third-order valence-corrected chi connectivity index (χ3v) is 3.23. The van der Waals surface area contributed by atoms with E-state index in [0.717, 1.165) is 15.9 Å². The van der Waals surface area contributed by atoms with Crippen LogP contribution in [-0.4, -0.2) is 16.0 Å². The largest absolute Gasteiger partial charge is 0.490 e. The number of halogens is 1. The van der Waals surface area contributed by atoms with Gasteiger partial charge in [-0.3, -0.25) is 0 Å². The molecule has 2 aromatic heterocycles. The first-order valence-corrected chi connectivity index (χ1v) is 6.38. The number of imidazole rings is 1. The van der Waals surface area contributed by atoms with Crippen molar-refractivity contribution >= 4 is 21.6 Å². The van der Waals surface area contributed by atoms with Gasteiger partial charge in [0.05, 0.1) is 12.3 Å². The van der Waals surface area contributed by atoms with Crippen LogP contribution in [0.3, 0.4) is 0 Å². The number of pyridine rings is 1. The van der Waals surface area contributed by atoms with Crippen molar-refractivity contribution in [1.29, 1.82) is 0 Å². The Morgan fingerprint density at radius 3 is 3.00 bits per heavy atom. The minimum atomic E-state index is 0.664. The maximum atomic E-state index is 5.60. The Hall–Kier alpha value is -1.03. The van der Waals surface area contributed by atoms with E-state index < -0.39 is 0 Å². The lowest BCUT2D eigenvalue weighted by atomic mass is 10.3. The molecule has 0 spiro atoms. The molecular formula is C12H13BrN2O. The fraction of sp³-hybridized carbons (Fsp3) is 0.417. The monoisotopic (exact) mass is 280 g/mol. The number of ether oxygens (including phenoxy) is 1. The van der Waals surface area contributed by atoms with Crippen LogP contribution in [0.2, 0.25) is 0 Å². The third-order valence-electron chi connectivity index (χ3n) is 2.80. The molecule has 1 aliphatic carbocycles. The van der Waals surface area contributed by atoms with Crippen molar-refractivity contribution in [2.45, 2.75) is 25.7 Å². The summed E-state index contributed by atoms with van der Waals surface area (Å²) in [5, 5.41) is 0. The van der Waals surface area contributed by atoms with E-state index >= 15 is 0 Å². The van der Waals surface area contributed by atoms with Gasteiger partial charge in [0.2, 0.25) is 0 Å². The zero-order chi connectivity index (χ0) is 11.1. The molecule has 0 unspecified atom stereocenters. The van der Waals surface area contributed by atoms with E-state index in [1.807, 2.05) is 23.6 Å². The Kier molecular flexibility index (Phi) is 2.39. The van der Waals surface area contributed by atoms with E-state index in [1.54, 1.807) is 0 Å². The number of hydrogen-bond donors (Lipinski definition) is 0. The normalized spacial score (nSPS) is 15.6. The SMILES string of the molecule is CCOc1cc(Br)cn2cc(C3CC3)nc12. The summed E-state index contributed by atoms with van der Waals surface area (Å²) in [7, 11) is 0. The van der Waals surface area contributed by atoms with Crippen molar-refractivity contribution < 1.29 is 4.74 Å². The van der Waals surface area contributed by atoms with Gasteiger partial charge in [-0.15, -0.1) is 0 Å². The average molecular weight is 281 g/mol. The molecule has 0 N–H and O–H groups in total. The summed E-state index contributed by atoms with van der Waals surface area (Å²) < 4.78 is 8.66. The van der Waals surface area contributed by atoms with E-state index in [4.69, 9.17) is 4.74 Å². The highest BCUT2D eigenvalue weighted by atomic mass is 79.9. The number of nitrogens with zero attached hydrogens (tertiary/aromatic N) is 2. The first kappa shape index (κ1) is 10.1. The van der Waals surface area contributed by atoms with E-state index in [1.165, 1.54) is 18.5 Å². The van der Waals surface area contributed by atoms with Crippen LogP contribution in [0.15, 0.2) is 22.9 Å². The molecule has 3 rings (SSSR count). The second-order valence-corrected chi connectivity index (χ2v) is 5.04. The minimum absolute atomic E-state index is 0.664. The molecule has 0 saturated heterocycles. The molecule has 16 heavy (non-hydrogen) atoms. The predicted molar refractivity (Wildman–Crippen MR) is 66.0 cm³/mol. The highest BCUT2D eigenvalue weighted by Gasteiger charge is 2.26. The fourth-order valence-corrected chi connectivity index (χ4v) is 2.32. The number of aromatic nitrogens is 2. The maximum Gasteiger partial charge on any atom is 0.180 e. The molecule has 1 saturated carbocycles. The summed E-state index contributed by atoms with van der Waals surface area (Å²) >= 11 is 3.49. The molecule has 1 aliphatic rings. The van der Waals surface area contributed by atoms with E-state index in [-0.39, 0.29) is 0 Å². The van der Waals surface area contributed by atoms with Gasteiger partial charge in [0.1, 0.15) is 0 Å². The Morgan fingerprint density at radius 2 is 2.31 bits per heavy atom. The van der Waals surface area contributed by atoms with Crippen molar-refractivity contribution in [2.24, 2.45) is 0 Å². The topological polar surface area (TPSA) is 26.5 Å². The summed E-state index contributed by atoms with van der Waals surface area (Å²) in [6.45, 7) is 2.65. The van der Waals surface area contributed by atoms with Crippen LogP contribution in [0.1, 0.15) is 31.4 Å². The average Bonchev–Trinajstić information content (AvgIpc) is 3.00. The first-order chi connectivity index (χ1) is 7.78. The van der Waals surface area contributed by atoms with E-state index in [2.05, 4.69) is 27.1 Å². The van der Waals surface area contributed by atoms with Gasteiger partial charge in [0.15, 0.2) is 11.4 Å². The van der Waals surface area contributed by atoms with Crippen molar-refractivity contribution in [1.82, 2.24) is 9.38 Å². The molecule has 2 aromatic rings. The Balaban J connectivity index is 2.15. The Morgan fingerprint density at radius 1 is 1.50 bits per heavy atom. The standard InChI is InChI=1S/C12H13BrN2O/c1-2-16-11-5-9(13)6-15-7-10(8-3-4-8)14-12(11)15/h5-8H,2-4H2,1H3. The van der Waals surface area contributed by atoms with Crippen LogP contribution in [-0.2, 0) is 0 Å². The van der Waals surface area contributed by atoms with Crippen LogP contribution < -0.4 is 4.74 Å². The van der Waals surface area contributed by atoms with Gasteiger partial charge in [0, 0.05) is 22.8 Å². The van der Waals surface area contributed by atoms with E-state index in [0.29, 0.717) is 12.5 Å². The van der Waals surface area contributed by atoms with Crippen molar-refractivity contribution in [2.75, 3.05) is 6.61 Å². The molecular weight excluding hydrogens is 268 g/mol. The molecule has 0 radical (unpaired) electrons. The molecule has 0 bridgehead atoms.